The summed E-state index contributed by atoms with van der Waals surface area (Å²) < 4.78 is 12.6. The van der Waals surface area contributed by atoms with Gasteiger partial charge in [-0.1, -0.05) is 33.8 Å². The van der Waals surface area contributed by atoms with Crippen LogP contribution in [0.25, 0.3) is 0 Å². The topological polar surface area (TPSA) is 47.6 Å². The van der Waals surface area contributed by atoms with Crippen molar-refractivity contribution in [3.63, 3.8) is 0 Å². The fourth-order valence-corrected chi connectivity index (χ4v) is 3.12. The second kappa shape index (κ2) is 12.2. The standard InChI is InChI=1S/C26H45NO3/c1-9-20(10-2)24(28)27-18-14-13-15-21-16-17-22(29-25(5,6)11-3)19-23(21)30-26(7,8)12-4/h16-17,19-20H,9-15,18H2,1-8H3,(H,27,28). The first-order valence-electron chi connectivity index (χ1n) is 11.9. The number of carbonyl (C=O) groups is 1. The Hall–Kier alpha value is -1.71. The summed E-state index contributed by atoms with van der Waals surface area (Å²) in [5.74, 6) is 2.09. The minimum Gasteiger partial charge on any atom is -0.488 e. The number of unbranched alkanes of at least 4 members (excludes halogenated alkanes) is 1. The quantitative estimate of drug-likeness (QED) is 0.341. The van der Waals surface area contributed by atoms with Gasteiger partial charge in [-0.3, -0.25) is 4.79 Å². The smallest absolute Gasteiger partial charge is 0.223 e. The van der Waals surface area contributed by atoms with Crippen molar-refractivity contribution in [3.8, 4) is 11.5 Å². The van der Waals surface area contributed by atoms with E-state index in [1.165, 1.54) is 5.56 Å². The zero-order valence-electron chi connectivity index (χ0n) is 20.7. The van der Waals surface area contributed by atoms with Crippen LogP contribution in [0.5, 0.6) is 11.5 Å². The minimum atomic E-state index is -0.225. The van der Waals surface area contributed by atoms with Gasteiger partial charge < -0.3 is 14.8 Å². The molecule has 0 aromatic heterocycles. The van der Waals surface area contributed by atoms with E-state index in [0.717, 1.165) is 63.0 Å². The Morgan fingerprint density at radius 2 is 1.53 bits per heavy atom. The van der Waals surface area contributed by atoms with Gasteiger partial charge >= 0.3 is 0 Å². The number of ether oxygens (including phenoxy) is 2. The molecule has 1 amide bonds. The van der Waals surface area contributed by atoms with E-state index in [4.69, 9.17) is 9.47 Å². The molecule has 0 bridgehead atoms. The molecular weight excluding hydrogens is 374 g/mol. The molecule has 0 aliphatic carbocycles. The zero-order chi connectivity index (χ0) is 22.8. The van der Waals surface area contributed by atoms with Crippen molar-refractivity contribution in [3.05, 3.63) is 23.8 Å². The van der Waals surface area contributed by atoms with Gasteiger partial charge in [0.25, 0.3) is 0 Å². The molecule has 0 atom stereocenters. The Labute approximate surface area is 185 Å². The van der Waals surface area contributed by atoms with Gasteiger partial charge in [0.2, 0.25) is 5.91 Å². The average molecular weight is 420 g/mol. The van der Waals surface area contributed by atoms with Crippen molar-refractivity contribution in [2.24, 2.45) is 5.92 Å². The van der Waals surface area contributed by atoms with Gasteiger partial charge in [-0.15, -0.1) is 0 Å². The van der Waals surface area contributed by atoms with Gasteiger partial charge in [0, 0.05) is 18.5 Å². The molecule has 0 saturated carbocycles. The van der Waals surface area contributed by atoms with Crippen molar-refractivity contribution in [1.29, 1.82) is 0 Å². The van der Waals surface area contributed by atoms with Gasteiger partial charge in [0.05, 0.1) is 0 Å². The number of carbonyl (C=O) groups excluding carboxylic acids is 1. The average Bonchev–Trinajstić information content (AvgIpc) is 2.69. The lowest BCUT2D eigenvalue weighted by molar-refractivity contribution is -0.125. The first kappa shape index (κ1) is 26.3. The van der Waals surface area contributed by atoms with Crippen LogP contribution in [0.15, 0.2) is 18.2 Å². The van der Waals surface area contributed by atoms with Crippen LogP contribution < -0.4 is 14.8 Å². The molecule has 0 spiro atoms. The highest BCUT2D eigenvalue weighted by Crippen LogP contribution is 2.32. The Bertz CT molecular complexity index is 648. The molecule has 0 fully saturated rings. The molecule has 0 heterocycles. The summed E-state index contributed by atoms with van der Waals surface area (Å²) in [5.41, 5.74) is 0.771. The Morgan fingerprint density at radius 1 is 0.933 bits per heavy atom. The lowest BCUT2D eigenvalue weighted by atomic mass is 10.0. The summed E-state index contributed by atoms with van der Waals surface area (Å²) in [6, 6.07) is 6.22. The largest absolute Gasteiger partial charge is 0.488 e. The first-order chi connectivity index (χ1) is 14.1. The number of aryl methyl sites for hydroxylation is 1. The van der Waals surface area contributed by atoms with Crippen molar-refractivity contribution < 1.29 is 14.3 Å². The van der Waals surface area contributed by atoms with E-state index in [1.54, 1.807) is 0 Å². The van der Waals surface area contributed by atoms with Gasteiger partial charge in [0.15, 0.2) is 0 Å². The highest BCUT2D eigenvalue weighted by Gasteiger charge is 2.21. The van der Waals surface area contributed by atoms with Crippen LogP contribution in [0.3, 0.4) is 0 Å². The molecule has 1 rings (SSSR count). The van der Waals surface area contributed by atoms with Crippen LogP contribution in [-0.4, -0.2) is 23.7 Å². The fraction of sp³-hybridized carbons (Fsp3) is 0.731. The molecule has 172 valence electrons. The predicted octanol–water partition coefficient (Wildman–Crippen LogP) is 6.70. The maximum absolute atomic E-state index is 12.1. The van der Waals surface area contributed by atoms with E-state index in [9.17, 15) is 4.79 Å². The summed E-state index contributed by atoms with van der Waals surface area (Å²) in [4.78, 5) is 12.1. The highest BCUT2D eigenvalue weighted by molar-refractivity contribution is 5.78. The predicted molar refractivity (Wildman–Crippen MR) is 126 cm³/mol. The monoisotopic (exact) mass is 419 g/mol. The third kappa shape index (κ3) is 8.97. The molecule has 0 aliphatic heterocycles. The molecule has 30 heavy (non-hydrogen) atoms. The molecule has 1 N–H and O–H groups in total. The maximum Gasteiger partial charge on any atom is 0.223 e. The number of benzene rings is 1. The lowest BCUT2D eigenvalue weighted by Crippen LogP contribution is -2.30. The van der Waals surface area contributed by atoms with E-state index in [1.807, 2.05) is 12.1 Å². The number of nitrogens with one attached hydrogen (secondary N) is 1. The van der Waals surface area contributed by atoms with E-state index in [0.29, 0.717) is 0 Å². The normalized spacial score (nSPS) is 12.2. The van der Waals surface area contributed by atoms with Crippen LogP contribution in [-0.2, 0) is 11.2 Å². The third-order valence-electron chi connectivity index (χ3n) is 6.05. The molecule has 4 nitrogen and oxygen atoms in total. The zero-order valence-corrected chi connectivity index (χ0v) is 20.7. The third-order valence-corrected chi connectivity index (χ3v) is 6.05. The summed E-state index contributed by atoms with van der Waals surface area (Å²) in [7, 11) is 0. The van der Waals surface area contributed by atoms with Crippen molar-refractivity contribution in [2.75, 3.05) is 6.54 Å². The number of rotatable bonds is 14. The van der Waals surface area contributed by atoms with Crippen LogP contribution in [0.2, 0.25) is 0 Å². The number of hydrogen-bond acceptors (Lipinski definition) is 3. The molecular formula is C26H45NO3. The van der Waals surface area contributed by atoms with Crippen LogP contribution in [0, 0.1) is 5.92 Å². The van der Waals surface area contributed by atoms with Crippen LogP contribution in [0.1, 0.15) is 99.5 Å². The van der Waals surface area contributed by atoms with Crippen molar-refractivity contribution in [1.82, 2.24) is 5.32 Å². The van der Waals surface area contributed by atoms with Gasteiger partial charge in [-0.2, -0.15) is 0 Å². The van der Waals surface area contributed by atoms with E-state index < -0.39 is 0 Å². The van der Waals surface area contributed by atoms with E-state index in [-0.39, 0.29) is 23.0 Å². The summed E-state index contributed by atoms with van der Waals surface area (Å²) >= 11 is 0. The number of hydrogen-bond donors (Lipinski definition) is 1. The second-order valence-electron chi connectivity index (χ2n) is 9.46. The minimum absolute atomic E-state index is 0.140. The SMILES string of the molecule is CCC(CC)C(=O)NCCCCc1ccc(OC(C)(C)CC)cc1OC(C)(C)CC. The van der Waals surface area contributed by atoms with Gasteiger partial charge in [-0.05, 0) is 84.3 Å². The lowest BCUT2D eigenvalue weighted by Gasteiger charge is -2.29. The Morgan fingerprint density at radius 3 is 2.10 bits per heavy atom. The molecule has 0 aliphatic rings. The molecule has 1 aromatic rings. The maximum atomic E-state index is 12.1. The summed E-state index contributed by atoms with van der Waals surface area (Å²) in [6.07, 6.45) is 6.57. The molecule has 0 unspecified atom stereocenters. The molecule has 0 saturated heterocycles. The summed E-state index contributed by atoms with van der Waals surface area (Å²) in [5, 5.41) is 3.08. The fourth-order valence-electron chi connectivity index (χ4n) is 3.12. The second-order valence-corrected chi connectivity index (χ2v) is 9.46. The van der Waals surface area contributed by atoms with Crippen LogP contribution >= 0.6 is 0 Å². The molecule has 0 radical (unpaired) electrons. The molecule has 1 aromatic carbocycles. The Balaban J connectivity index is 2.76. The molecule has 4 heteroatoms. The summed E-state index contributed by atoms with van der Waals surface area (Å²) in [6.45, 7) is 17.6. The van der Waals surface area contributed by atoms with Gasteiger partial charge in [0.1, 0.15) is 22.7 Å². The highest BCUT2D eigenvalue weighted by atomic mass is 16.5. The van der Waals surface area contributed by atoms with Crippen molar-refractivity contribution in [2.45, 2.75) is 112 Å². The number of amides is 1. The first-order valence-corrected chi connectivity index (χ1v) is 11.9. The van der Waals surface area contributed by atoms with E-state index in [2.05, 4.69) is 66.8 Å². The van der Waals surface area contributed by atoms with Crippen molar-refractivity contribution >= 4 is 5.91 Å². The van der Waals surface area contributed by atoms with Crippen LogP contribution in [0.4, 0.5) is 0 Å². The Kier molecular flexibility index (Phi) is 10.7. The van der Waals surface area contributed by atoms with Gasteiger partial charge in [-0.25, -0.2) is 0 Å². The van der Waals surface area contributed by atoms with E-state index >= 15 is 0 Å².